The van der Waals surface area contributed by atoms with E-state index in [1.165, 1.54) is 0 Å². The van der Waals surface area contributed by atoms with Gasteiger partial charge in [0.1, 0.15) is 11.6 Å². The van der Waals surface area contributed by atoms with Gasteiger partial charge >= 0.3 is 5.97 Å². The molecule has 3 N–H and O–H groups in total. The lowest BCUT2D eigenvalue weighted by molar-refractivity contribution is -0.158. The number of carbonyl (C=O) groups excluding carboxylic acids is 1. The molecule has 0 aliphatic heterocycles. The monoisotopic (exact) mass is 215 g/mol. The smallest absolute Gasteiger partial charge is 0.323 e. The Morgan fingerprint density at radius 3 is 2.47 bits per heavy atom. The summed E-state index contributed by atoms with van der Waals surface area (Å²) in [5.41, 5.74) is 5.27. The van der Waals surface area contributed by atoms with Crippen molar-refractivity contribution in [3.63, 3.8) is 0 Å². The maximum absolute atomic E-state index is 11.6. The number of aliphatic hydroxyl groups excluding tert-OH is 1. The van der Waals surface area contributed by atoms with Crippen molar-refractivity contribution in [2.24, 2.45) is 11.7 Å². The Labute approximate surface area is 90.8 Å². The van der Waals surface area contributed by atoms with Crippen LogP contribution in [0.2, 0.25) is 0 Å². The second-order valence-electron chi connectivity index (χ2n) is 5.22. The van der Waals surface area contributed by atoms with Gasteiger partial charge in [-0.15, -0.1) is 0 Å². The van der Waals surface area contributed by atoms with Crippen molar-refractivity contribution in [2.45, 2.75) is 57.8 Å². The molecule has 1 saturated carbocycles. The molecule has 88 valence electrons. The number of ether oxygens (including phenoxy) is 1. The maximum Gasteiger partial charge on any atom is 0.323 e. The van der Waals surface area contributed by atoms with Crippen LogP contribution >= 0.6 is 0 Å². The third-order valence-corrected chi connectivity index (χ3v) is 2.67. The van der Waals surface area contributed by atoms with Crippen molar-refractivity contribution in [1.29, 1.82) is 0 Å². The SMILES string of the molecule is CC(C)(C)OC(=O)[C@@H](N)[C@@H]1CCC[C@H]1O. The van der Waals surface area contributed by atoms with Crippen LogP contribution in [0.4, 0.5) is 0 Å². The average Bonchev–Trinajstić information content (AvgIpc) is 2.47. The van der Waals surface area contributed by atoms with Gasteiger partial charge in [-0.1, -0.05) is 6.42 Å². The van der Waals surface area contributed by atoms with E-state index in [0.717, 1.165) is 19.3 Å². The van der Waals surface area contributed by atoms with Crippen LogP contribution in [-0.4, -0.2) is 28.8 Å². The first-order chi connectivity index (χ1) is 6.81. The Bertz CT molecular complexity index is 234. The van der Waals surface area contributed by atoms with Crippen LogP contribution in [0.15, 0.2) is 0 Å². The van der Waals surface area contributed by atoms with Gasteiger partial charge in [0.05, 0.1) is 6.10 Å². The van der Waals surface area contributed by atoms with Gasteiger partial charge in [-0.2, -0.15) is 0 Å². The highest BCUT2D eigenvalue weighted by Crippen LogP contribution is 2.28. The lowest BCUT2D eigenvalue weighted by Crippen LogP contribution is -2.45. The number of hydrogen-bond donors (Lipinski definition) is 2. The zero-order valence-electron chi connectivity index (χ0n) is 9.69. The predicted octanol–water partition coefficient (Wildman–Crippen LogP) is 0.816. The van der Waals surface area contributed by atoms with E-state index < -0.39 is 23.7 Å². The quantitative estimate of drug-likeness (QED) is 0.669. The van der Waals surface area contributed by atoms with E-state index in [9.17, 15) is 9.90 Å². The van der Waals surface area contributed by atoms with Gasteiger partial charge in [-0.05, 0) is 33.6 Å². The first kappa shape index (κ1) is 12.5. The zero-order valence-corrected chi connectivity index (χ0v) is 9.69. The number of hydrogen-bond acceptors (Lipinski definition) is 4. The zero-order chi connectivity index (χ0) is 11.6. The molecule has 0 aromatic heterocycles. The van der Waals surface area contributed by atoms with Gasteiger partial charge in [0.15, 0.2) is 0 Å². The number of nitrogens with two attached hydrogens (primary N) is 1. The molecule has 0 bridgehead atoms. The second-order valence-corrected chi connectivity index (χ2v) is 5.22. The van der Waals surface area contributed by atoms with Crippen molar-refractivity contribution in [3.8, 4) is 0 Å². The summed E-state index contributed by atoms with van der Waals surface area (Å²) < 4.78 is 5.19. The standard InChI is InChI=1S/C11H21NO3/c1-11(2,3)15-10(14)9(12)7-5-4-6-8(7)13/h7-9,13H,4-6,12H2,1-3H3/t7-,8-,9+/m1/s1. The molecule has 0 amide bonds. The molecule has 4 nitrogen and oxygen atoms in total. The summed E-state index contributed by atoms with van der Waals surface area (Å²) in [6, 6.07) is -0.693. The number of esters is 1. The molecule has 1 aliphatic rings. The molecule has 1 aliphatic carbocycles. The highest BCUT2D eigenvalue weighted by atomic mass is 16.6. The normalized spacial score (nSPS) is 28.9. The number of carbonyl (C=O) groups is 1. The summed E-state index contributed by atoms with van der Waals surface area (Å²) >= 11 is 0. The van der Waals surface area contributed by atoms with Crippen LogP contribution in [0.25, 0.3) is 0 Å². The van der Waals surface area contributed by atoms with Crippen molar-refractivity contribution in [3.05, 3.63) is 0 Å². The maximum atomic E-state index is 11.6. The fraction of sp³-hybridized carbons (Fsp3) is 0.909. The highest BCUT2D eigenvalue weighted by molar-refractivity contribution is 5.76. The third kappa shape index (κ3) is 3.47. The fourth-order valence-electron chi connectivity index (χ4n) is 1.93. The molecule has 1 rings (SSSR count). The highest BCUT2D eigenvalue weighted by Gasteiger charge is 2.36. The summed E-state index contributed by atoms with van der Waals surface area (Å²) in [4.78, 5) is 11.6. The van der Waals surface area contributed by atoms with Crippen molar-refractivity contribution < 1.29 is 14.6 Å². The Hall–Kier alpha value is -0.610. The van der Waals surface area contributed by atoms with Crippen LogP contribution in [-0.2, 0) is 9.53 Å². The lowest BCUT2D eigenvalue weighted by Gasteiger charge is -2.26. The van der Waals surface area contributed by atoms with E-state index in [0.29, 0.717) is 0 Å². The Balaban J connectivity index is 2.52. The van der Waals surface area contributed by atoms with Crippen LogP contribution in [0, 0.1) is 5.92 Å². The largest absolute Gasteiger partial charge is 0.459 e. The van der Waals surface area contributed by atoms with Gasteiger partial charge in [-0.3, -0.25) is 4.79 Å². The molecule has 0 spiro atoms. The molecule has 0 saturated heterocycles. The van der Waals surface area contributed by atoms with Crippen LogP contribution in [0.5, 0.6) is 0 Å². The summed E-state index contributed by atoms with van der Waals surface area (Å²) in [5, 5.41) is 9.62. The van der Waals surface area contributed by atoms with Gasteiger partial charge < -0.3 is 15.6 Å². The fourth-order valence-corrected chi connectivity index (χ4v) is 1.93. The second kappa shape index (κ2) is 4.49. The third-order valence-electron chi connectivity index (χ3n) is 2.67. The van der Waals surface area contributed by atoms with E-state index in [2.05, 4.69) is 0 Å². The summed E-state index contributed by atoms with van der Waals surface area (Å²) in [5.74, 6) is -0.548. The molecule has 1 fully saturated rings. The molecule has 0 unspecified atom stereocenters. The van der Waals surface area contributed by atoms with E-state index in [4.69, 9.17) is 10.5 Å². The molecule has 0 heterocycles. The lowest BCUT2D eigenvalue weighted by atomic mass is 9.97. The van der Waals surface area contributed by atoms with Crippen molar-refractivity contribution in [2.75, 3.05) is 0 Å². The van der Waals surface area contributed by atoms with Gasteiger partial charge in [0, 0.05) is 5.92 Å². The molecule has 0 aromatic carbocycles. The molecule has 15 heavy (non-hydrogen) atoms. The van der Waals surface area contributed by atoms with Gasteiger partial charge in [0.2, 0.25) is 0 Å². The van der Waals surface area contributed by atoms with Crippen LogP contribution in [0.3, 0.4) is 0 Å². The Morgan fingerprint density at radius 1 is 1.47 bits per heavy atom. The van der Waals surface area contributed by atoms with E-state index in [-0.39, 0.29) is 5.92 Å². The topological polar surface area (TPSA) is 72.5 Å². The summed E-state index contributed by atoms with van der Waals surface area (Å²) in [7, 11) is 0. The molecular formula is C11H21NO3. The minimum Gasteiger partial charge on any atom is -0.459 e. The minimum absolute atomic E-state index is 0.139. The average molecular weight is 215 g/mol. The van der Waals surface area contributed by atoms with Gasteiger partial charge in [-0.25, -0.2) is 0 Å². The van der Waals surface area contributed by atoms with E-state index in [1.807, 2.05) is 20.8 Å². The molecule has 0 aromatic rings. The van der Waals surface area contributed by atoms with Gasteiger partial charge in [0.25, 0.3) is 0 Å². The Kier molecular flexibility index (Phi) is 3.73. The number of aliphatic hydroxyl groups is 1. The first-order valence-electron chi connectivity index (χ1n) is 5.48. The number of rotatable bonds is 2. The minimum atomic E-state index is -0.693. The van der Waals surface area contributed by atoms with E-state index >= 15 is 0 Å². The molecule has 3 atom stereocenters. The molecule has 4 heteroatoms. The summed E-state index contributed by atoms with van der Waals surface area (Å²) in [6.45, 7) is 5.42. The molecular weight excluding hydrogens is 194 g/mol. The van der Waals surface area contributed by atoms with Crippen LogP contribution < -0.4 is 5.73 Å². The predicted molar refractivity (Wildman–Crippen MR) is 57.2 cm³/mol. The van der Waals surface area contributed by atoms with Crippen molar-refractivity contribution in [1.82, 2.24) is 0 Å². The Morgan fingerprint density at radius 2 is 2.07 bits per heavy atom. The molecule has 0 radical (unpaired) electrons. The first-order valence-corrected chi connectivity index (χ1v) is 5.48. The van der Waals surface area contributed by atoms with E-state index in [1.54, 1.807) is 0 Å². The summed E-state index contributed by atoms with van der Waals surface area (Å²) in [6.07, 6.45) is 2.03. The van der Waals surface area contributed by atoms with Crippen LogP contribution in [0.1, 0.15) is 40.0 Å². The van der Waals surface area contributed by atoms with Crippen molar-refractivity contribution >= 4 is 5.97 Å².